The number of hydrogen-bond acceptors (Lipinski definition) is 5. The van der Waals surface area contributed by atoms with Gasteiger partial charge in [-0.15, -0.1) is 0 Å². The third-order valence-corrected chi connectivity index (χ3v) is 4.13. The first-order valence-corrected chi connectivity index (χ1v) is 8.67. The van der Waals surface area contributed by atoms with Crippen LogP contribution >= 0.6 is 15.9 Å². The second kappa shape index (κ2) is 7.18. The Hall–Kier alpha value is -2.48. The van der Waals surface area contributed by atoms with Crippen molar-refractivity contribution in [3.8, 4) is 0 Å². The van der Waals surface area contributed by atoms with Crippen molar-refractivity contribution >= 4 is 33.6 Å². The Morgan fingerprint density at radius 1 is 1.44 bits per heavy atom. The Morgan fingerprint density at radius 2 is 2.24 bits per heavy atom. The Bertz CT molecular complexity index is 797. The van der Waals surface area contributed by atoms with Gasteiger partial charge in [-0.3, -0.25) is 14.6 Å². The van der Waals surface area contributed by atoms with E-state index in [-0.39, 0.29) is 24.4 Å². The maximum Gasteiger partial charge on any atom is 0.260 e. The van der Waals surface area contributed by atoms with Crippen LogP contribution in [0.4, 0.5) is 5.82 Å². The van der Waals surface area contributed by atoms with Gasteiger partial charge in [0.25, 0.3) is 5.91 Å². The van der Waals surface area contributed by atoms with E-state index in [0.717, 1.165) is 5.56 Å². The minimum Gasteiger partial charge on any atom is -0.352 e. The van der Waals surface area contributed by atoms with Crippen molar-refractivity contribution in [2.45, 2.75) is 26.1 Å². The van der Waals surface area contributed by atoms with E-state index < -0.39 is 6.17 Å². The second-order valence-electron chi connectivity index (χ2n) is 6.04. The predicted molar refractivity (Wildman–Crippen MR) is 96.9 cm³/mol. The molecule has 0 saturated carbocycles. The first kappa shape index (κ1) is 17.3. The average molecular weight is 404 g/mol. The Labute approximate surface area is 154 Å². The van der Waals surface area contributed by atoms with Crippen LogP contribution in [0.25, 0.3) is 0 Å². The zero-order valence-corrected chi connectivity index (χ0v) is 15.4. The number of nitrogens with zero attached hydrogens (tertiary/aromatic N) is 3. The lowest BCUT2D eigenvalue weighted by Gasteiger charge is -2.37. The molecule has 1 atom stereocenters. The van der Waals surface area contributed by atoms with E-state index in [1.807, 2.05) is 19.9 Å². The number of pyridine rings is 2. The first-order valence-electron chi connectivity index (χ1n) is 7.88. The lowest BCUT2D eigenvalue weighted by atomic mass is 10.1. The van der Waals surface area contributed by atoms with Crippen molar-refractivity contribution < 1.29 is 9.59 Å². The van der Waals surface area contributed by atoms with Crippen LogP contribution in [-0.4, -0.2) is 39.3 Å². The third kappa shape index (κ3) is 3.79. The number of fused-ring (bicyclic) bond motifs is 1. The summed E-state index contributed by atoms with van der Waals surface area (Å²) in [4.78, 5) is 35.1. The molecular formula is C17H18BrN5O2. The summed E-state index contributed by atoms with van der Waals surface area (Å²) in [5.74, 6) is 0.0170. The summed E-state index contributed by atoms with van der Waals surface area (Å²) in [6, 6.07) is 5.35. The van der Waals surface area contributed by atoms with Gasteiger partial charge in [-0.05, 0) is 41.9 Å². The van der Waals surface area contributed by atoms with Gasteiger partial charge in [0.2, 0.25) is 5.91 Å². The highest BCUT2D eigenvalue weighted by molar-refractivity contribution is 9.10. The highest BCUT2D eigenvalue weighted by atomic mass is 79.9. The molecule has 0 spiro atoms. The monoisotopic (exact) mass is 403 g/mol. The number of rotatable bonds is 4. The number of halogens is 1. The van der Waals surface area contributed by atoms with Crippen LogP contribution < -0.4 is 10.6 Å². The van der Waals surface area contributed by atoms with Gasteiger partial charge in [0.15, 0.2) is 0 Å². The quantitative estimate of drug-likeness (QED) is 0.817. The fourth-order valence-corrected chi connectivity index (χ4v) is 3.01. The molecule has 0 saturated heterocycles. The van der Waals surface area contributed by atoms with E-state index in [2.05, 4.69) is 36.5 Å². The normalized spacial score (nSPS) is 16.4. The van der Waals surface area contributed by atoms with Gasteiger partial charge in [-0.2, -0.15) is 0 Å². The summed E-state index contributed by atoms with van der Waals surface area (Å²) < 4.78 is 0.702. The Balaban J connectivity index is 1.97. The lowest BCUT2D eigenvalue weighted by Crippen LogP contribution is -2.49. The molecule has 3 rings (SSSR count). The van der Waals surface area contributed by atoms with Crippen molar-refractivity contribution in [3.63, 3.8) is 0 Å². The van der Waals surface area contributed by atoms with E-state index in [1.54, 1.807) is 30.7 Å². The van der Waals surface area contributed by atoms with Crippen LogP contribution in [0.1, 0.15) is 35.9 Å². The molecule has 7 nitrogen and oxygen atoms in total. The summed E-state index contributed by atoms with van der Waals surface area (Å²) in [5, 5.41) is 6.05. The molecular weight excluding hydrogens is 386 g/mol. The lowest BCUT2D eigenvalue weighted by molar-refractivity contribution is -0.122. The van der Waals surface area contributed by atoms with Crippen LogP contribution in [0, 0.1) is 0 Å². The molecule has 25 heavy (non-hydrogen) atoms. The van der Waals surface area contributed by atoms with Crippen LogP contribution in [0.15, 0.2) is 41.3 Å². The molecule has 2 amide bonds. The van der Waals surface area contributed by atoms with Gasteiger partial charge in [-0.25, -0.2) is 4.98 Å². The molecule has 2 aromatic heterocycles. The Morgan fingerprint density at radius 3 is 2.92 bits per heavy atom. The zero-order valence-electron chi connectivity index (χ0n) is 13.9. The average Bonchev–Trinajstić information content (AvgIpc) is 2.58. The molecule has 0 bridgehead atoms. The summed E-state index contributed by atoms with van der Waals surface area (Å²) in [6.45, 7) is 3.70. The standard InChI is InChI=1S/C17H18BrN5O2/c1-10(2)21-14(24)9-23-16(11-4-3-5-19-7-11)22-15-13(17(23)25)6-12(18)8-20-15/h3-8,10,16H,9H2,1-2H3,(H,20,22)(H,21,24). The number of anilines is 1. The molecule has 2 N–H and O–H groups in total. The van der Waals surface area contributed by atoms with E-state index >= 15 is 0 Å². The molecule has 130 valence electrons. The van der Waals surface area contributed by atoms with Crippen molar-refractivity contribution in [2.75, 3.05) is 11.9 Å². The minimum atomic E-state index is -0.514. The van der Waals surface area contributed by atoms with Crippen LogP contribution in [0.5, 0.6) is 0 Å². The van der Waals surface area contributed by atoms with Gasteiger partial charge < -0.3 is 15.5 Å². The molecule has 0 radical (unpaired) electrons. The van der Waals surface area contributed by atoms with Gasteiger partial charge in [0, 0.05) is 34.7 Å². The molecule has 0 fully saturated rings. The highest BCUT2D eigenvalue weighted by Gasteiger charge is 2.35. The number of aromatic nitrogens is 2. The van der Waals surface area contributed by atoms with Crippen molar-refractivity contribution in [3.05, 3.63) is 52.4 Å². The summed E-state index contributed by atoms with van der Waals surface area (Å²) in [6.07, 6.45) is 4.44. The van der Waals surface area contributed by atoms with Crippen LogP contribution in [0.2, 0.25) is 0 Å². The molecule has 8 heteroatoms. The molecule has 1 unspecified atom stereocenters. The predicted octanol–water partition coefficient (Wildman–Crippen LogP) is 2.33. The van der Waals surface area contributed by atoms with Crippen molar-refractivity contribution in [2.24, 2.45) is 0 Å². The molecule has 3 heterocycles. The van der Waals surface area contributed by atoms with E-state index in [1.165, 1.54) is 4.90 Å². The van der Waals surface area contributed by atoms with Crippen LogP contribution in [-0.2, 0) is 4.79 Å². The fraction of sp³-hybridized carbons (Fsp3) is 0.294. The molecule has 2 aromatic rings. The van der Waals surface area contributed by atoms with Crippen molar-refractivity contribution in [1.29, 1.82) is 0 Å². The van der Waals surface area contributed by atoms with Gasteiger partial charge >= 0.3 is 0 Å². The topological polar surface area (TPSA) is 87.2 Å². The fourth-order valence-electron chi connectivity index (χ4n) is 2.68. The first-order chi connectivity index (χ1) is 12.0. The maximum atomic E-state index is 13.0. The van der Waals surface area contributed by atoms with Gasteiger partial charge in [0.05, 0.1) is 5.56 Å². The Kier molecular flexibility index (Phi) is 4.98. The van der Waals surface area contributed by atoms with Gasteiger partial charge in [0.1, 0.15) is 18.5 Å². The SMILES string of the molecule is CC(C)NC(=O)CN1C(=O)c2cc(Br)cnc2NC1c1cccnc1. The molecule has 1 aliphatic heterocycles. The minimum absolute atomic E-state index is 0.000270. The number of nitrogens with one attached hydrogen (secondary N) is 2. The van der Waals surface area contributed by atoms with E-state index in [0.29, 0.717) is 15.9 Å². The number of carbonyl (C=O) groups is 2. The number of carbonyl (C=O) groups excluding carboxylic acids is 2. The van der Waals surface area contributed by atoms with E-state index in [9.17, 15) is 9.59 Å². The molecule has 0 aromatic carbocycles. The largest absolute Gasteiger partial charge is 0.352 e. The maximum absolute atomic E-state index is 13.0. The second-order valence-corrected chi connectivity index (χ2v) is 6.95. The molecule has 0 aliphatic carbocycles. The molecule has 1 aliphatic rings. The van der Waals surface area contributed by atoms with Crippen LogP contribution in [0.3, 0.4) is 0 Å². The number of amides is 2. The summed E-state index contributed by atoms with van der Waals surface area (Å²) in [5.41, 5.74) is 1.20. The smallest absolute Gasteiger partial charge is 0.260 e. The zero-order chi connectivity index (χ0) is 18.0. The summed E-state index contributed by atoms with van der Waals surface area (Å²) in [7, 11) is 0. The van der Waals surface area contributed by atoms with Gasteiger partial charge in [-0.1, -0.05) is 6.07 Å². The van der Waals surface area contributed by atoms with Crippen molar-refractivity contribution in [1.82, 2.24) is 20.2 Å². The highest BCUT2D eigenvalue weighted by Crippen LogP contribution is 2.32. The summed E-state index contributed by atoms with van der Waals surface area (Å²) >= 11 is 3.33. The van der Waals surface area contributed by atoms with E-state index in [4.69, 9.17) is 0 Å². The number of hydrogen-bond donors (Lipinski definition) is 2. The third-order valence-electron chi connectivity index (χ3n) is 3.69.